The van der Waals surface area contributed by atoms with Crippen LogP contribution in [0.15, 0.2) is 28.7 Å². The Morgan fingerprint density at radius 1 is 1.07 bits per heavy atom. The van der Waals surface area contributed by atoms with Crippen LogP contribution in [0.2, 0.25) is 0 Å². The van der Waals surface area contributed by atoms with Gasteiger partial charge in [0.2, 0.25) is 0 Å². The first-order chi connectivity index (χ1) is 7.18. The second kappa shape index (κ2) is 4.65. The molecule has 2 rings (SSSR count). The molecule has 0 aromatic heterocycles. The molecule has 1 saturated carbocycles. The third-order valence-electron chi connectivity index (χ3n) is 3.18. The van der Waals surface area contributed by atoms with Crippen molar-refractivity contribution >= 4 is 15.9 Å². The van der Waals surface area contributed by atoms with Gasteiger partial charge in [-0.1, -0.05) is 47.3 Å². The average molecular weight is 271 g/mol. The fourth-order valence-electron chi connectivity index (χ4n) is 2.33. The summed E-state index contributed by atoms with van der Waals surface area (Å²) in [5.41, 5.74) is 0.175. The second-order valence-electron chi connectivity index (χ2n) is 4.51. The van der Waals surface area contributed by atoms with Gasteiger partial charge in [0.05, 0.1) is 0 Å². The van der Waals surface area contributed by atoms with Gasteiger partial charge in [-0.2, -0.15) is 0 Å². The predicted octanol–water partition coefficient (Wildman–Crippen LogP) is 4.66. The highest BCUT2D eigenvalue weighted by Crippen LogP contribution is 2.34. The zero-order valence-electron chi connectivity index (χ0n) is 8.81. The molecule has 15 heavy (non-hydrogen) atoms. The molecule has 0 atom stereocenters. The predicted molar refractivity (Wildman–Crippen MR) is 64.8 cm³/mol. The van der Waals surface area contributed by atoms with Crippen LogP contribution in [0, 0.1) is 0 Å². The largest absolute Gasteiger partial charge is 0.244 e. The van der Waals surface area contributed by atoms with Crippen molar-refractivity contribution in [1.82, 2.24) is 0 Å². The molecule has 0 heterocycles. The average Bonchev–Trinajstić information content (AvgIpc) is 2.22. The Morgan fingerprint density at radius 3 is 2.27 bits per heavy atom. The van der Waals surface area contributed by atoms with Crippen molar-refractivity contribution in [1.29, 1.82) is 0 Å². The molecule has 1 fully saturated rings. The second-order valence-corrected chi connectivity index (χ2v) is 5.43. The maximum Gasteiger partial charge on any atom is 0.115 e. The van der Waals surface area contributed by atoms with Crippen molar-refractivity contribution in [2.45, 2.75) is 44.2 Å². The molecule has 2 heteroatoms. The summed E-state index contributed by atoms with van der Waals surface area (Å²) in [4.78, 5) is 0. The van der Waals surface area contributed by atoms with Crippen molar-refractivity contribution in [3.63, 3.8) is 0 Å². The lowest BCUT2D eigenvalue weighted by Gasteiger charge is -2.29. The quantitative estimate of drug-likeness (QED) is 0.733. The van der Waals surface area contributed by atoms with E-state index in [1.807, 2.05) is 24.3 Å². The molecular formula is C13H16BrF. The molecule has 0 spiro atoms. The normalized spacial score (nSPS) is 20.1. The molecule has 0 radical (unpaired) electrons. The van der Waals surface area contributed by atoms with Crippen LogP contribution in [0.5, 0.6) is 0 Å². The van der Waals surface area contributed by atoms with Crippen LogP contribution in [0.4, 0.5) is 4.39 Å². The molecule has 0 N–H and O–H groups in total. The van der Waals surface area contributed by atoms with Gasteiger partial charge in [-0.15, -0.1) is 0 Å². The van der Waals surface area contributed by atoms with E-state index in [4.69, 9.17) is 0 Å². The minimum absolute atomic E-state index is 0.584. The summed E-state index contributed by atoms with van der Waals surface area (Å²) in [5, 5.41) is 0. The summed E-state index contributed by atoms with van der Waals surface area (Å²) < 4.78 is 15.4. The highest BCUT2D eigenvalue weighted by atomic mass is 79.9. The van der Waals surface area contributed by atoms with Gasteiger partial charge in [0.15, 0.2) is 0 Å². The van der Waals surface area contributed by atoms with E-state index in [1.54, 1.807) is 0 Å². The Kier molecular flexibility index (Phi) is 3.45. The minimum atomic E-state index is -0.938. The number of alkyl halides is 1. The summed E-state index contributed by atoms with van der Waals surface area (Å²) >= 11 is 3.39. The summed E-state index contributed by atoms with van der Waals surface area (Å²) in [6, 6.07) is 8.00. The molecule has 0 aliphatic heterocycles. The lowest BCUT2D eigenvalue weighted by atomic mass is 9.82. The smallest absolute Gasteiger partial charge is 0.115 e. The van der Waals surface area contributed by atoms with Crippen molar-refractivity contribution in [2.24, 2.45) is 0 Å². The summed E-state index contributed by atoms with van der Waals surface area (Å²) in [7, 11) is 0. The number of hydrogen-bond donors (Lipinski definition) is 0. The first kappa shape index (κ1) is 11.1. The molecule has 0 saturated heterocycles. The number of halogens is 2. The van der Waals surface area contributed by atoms with E-state index in [-0.39, 0.29) is 0 Å². The van der Waals surface area contributed by atoms with Gasteiger partial charge in [0.25, 0.3) is 0 Å². The van der Waals surface area contributed by atoms with Crippen molar-refractivity contribution < 1.29 is 4.39 Å². The van der Waals surface area contributed by atoms with E-state index in [9.17, 15) is 4.39 Å². The summed E-state index contributed by atoms with van der Waals surface area (Å²) in [5.74, 6) is 0. The molecule has 82 valence electrons. The molecule has 1 aliphatic rings. The Labute approximate surface area is 99.0 Å². The molecule has 0 unspecified atom stereocenters. The van der Waals surface area contributed by atoms with Gasteiger partial charge in [0, 0.05) is 10.9 Å². The van der Waals surface area contributed by atoms with Crippen molar-refractivity contribution in [2.75, 3.05) is 0 Å². The number of benzene rings is 1. The van der Waals surface area contributed by atoms with Crippen LogP contribution in [0.25, 0.3) is 0 Å². The molecule has 1 aromatic rings. The molecule has 0 bridgehead atoms. The first-order valence-electron chi connectivity index (χ1n) is 5.61. The summed E-state index contributed by atoms with van der Waals surface area (Å²) in [6.45, 7) is 0. The topological polar surface area (TPSA) is 0 Å². The molecular weight excluding hydrogens is 255 g/mol. The van der Waals surface area contributed by atoms with E-state index in [0.29, 0.717) is 6.42 Å². The van der Waals surface area contributed by atoms with Crippen LogP contribution in [-0.4, -0.2) is 5.67 Å². The minimum Gasteiger partial charge on any atom is -0.244 e. The Balaban J connectivity index is 2.03. The van der Waals surface area contributed by atoms with Gasteiger partial charge in [-0.25, -0.2) is 4.39 Å². The zero-order chi connectivity index (χ0) is 10.7. The first-order valence-corrected chi connectivity index (χ1v) is 6.41. The van der Waals surface area contributed by atoms with Gasteiger partial charge in [0.1, 0.15) is 5.67 Å². The maximum atomic E-state index is 14.3. The molecule has 1 aliphatic carbocycles. The zero-order valence-corrected chi connectivity index (χ0v) is 10.4. The van der Waals surface area contributed by atoms with Gasteiger partial charge >= 0.3 is 0 Å². The highest BCUT2D eigenvalue weighted by Gasteiger charge is 2.31. The molecule has 0 nitrogen and oxygen atoms in total. The lowest BCUT2D eigenvalue weighted by Crippen LogP contribution is -2.28. The SMILES string of the molecule is FC1(Cc2ccc(Br)cc2)CCCCC1. The van der Waals surface area contributed by atoms with Crippen LogP contribution in [0.3, 0.4) is 0 Å². The third-order valence-corrected chi connectivity index (χ3v) is 3.71. The van der Waals surface area contributed by atoms with E-state index in [2.05, 4.69) is 15.9 Å². The van der Waals surface area contributed by atoms with Crippen molar-refractivity contribution in [3.8, 4) is 0 Å². The fourth-order valence-corrected chi connectivity index (χ4v) is 2.59. The highest BCUT2D eigenvalue weighted by molar-refractivity contribution is 9.10. The van der Waals surface area contributed by atoms with Crippen LogP contribution >= 0.6 is 15.9 Å². The maximum absolute atomic E-state index is 14.3. The molecule has 1 aromatic carbocycles. The Bertz CT molecular complexity index is 312. The monoisotopic (exact) mass is 270 g/mol. The summed E-state index contributed by atoms with van der Waals surface area (Å²) in [6.07, 6.45) is 5.36. The Morgan fingerprint density at radius 2 is 1.67 bits per heavy atom. The van der Waals surface area contributed by atoms with E-state index in [1.165, 1.54) is 6.42 Å². The van der Waals surface area contributed by atoms with Crippen LogP contribution in [-0.2, 0) is 6.42 Å². The van der Waals surface area contributed by atoms with Gasteiger partial charge in [-0.3, -0.25) is 0 Å². The molecule has 0 amide bonds. The van der Waals surface area contributed by atoms with Gasteiger partial charge in [-0.05, 0) is 30.5 Å². The van der Waals surface area contributed by atoms with Crippen LogP contribution in [0.1, 0.15) is 37.7 Å². The standard InChI is InChI=1S/C13H16BrF/c14-12-6-4-11(5-7-12)10-13(15)8-2-1-3-9-13/h4-7H,1-3,8-10H2. The van der Waals surface area contributed by atoms with Crippen molar-refractivity contribution in [3.05, 3.63) is 34.3 Å². The van der Waals surface area contributed by atoms with Gasteiger partial charge < -0.3 is 0 Å². The van der Waals surface area contributed by atoms with E-state index < -0.39 is 5.67 Å². The van der Waals surface area contributed by atoms with E-state index in [0.717, 1.165) is 35.7 Å². The van der Waals surface area contributed by atoms with E-state index >= 15 is 0 Å². The lowest BCUT2D eigenvalue weighted by molar-refractivity contribution is 0.107. The number of hydrogen-bond acceptors (Lipinski definition) is 0. The fraction of sp³-hybridized carbons (Fsp3) is 0.538. The van der Waals surface area contributed by atoms with Crippen LogP contribution < -0.4 is 0 Å². The number of rotatable bonds is 2. The Hall–Kier alpha value is -0.370. The third kappa shape index (κ3) is 3.04.